The van der Waals surface area contributed by atoms with Gasteiger partial charge < -0.3 is 18.6 Å². The van der Waals surface area contributed by atoms with Gasteiger partial charge in [0.15, 0.2) is 10.6 Å². The predicted molar refractivity (Wildman–Crippen MR) is 87.2 cm³/mol. The number of para-hydroxylation sites is 2. The lowest BCUT2D eigenvalue weighted by Crippen LogP contribution is -2.45. The summed E-state index contributed by atoms with van der Waals surface area (Å²) in [5, 5.41) is 0. The van der Waals surface area contributed by atoms with Crippen LogP contribution in [0.1, 0.15) is 12.8 Å². The van der Waals surface area contributed by atoms with Gasteiger partial charge in [-0.2, -0.15) is 0 Å². The fourth-order valence-corrected chi connectivity index (χ4v) is 3.78. The third kappa shape index (κ3) is 2.31. The van der Waals surface area contributed by atoms with E-state index < -0.39 is 0 Å². The zero-order valence-electron chi connectivity index (χ0n) is 12.8. The van der Waals surface area contributed by atoms with E-state index in [4.69, 9.17) is 21.7 Å². The molecule has 0 atom stereocenters. The Bertz CT molecular complexity index is 735. The molecule has 2 fully saturated rings. The molecule has 0 bridgehead atoms. The molecule has 2 saturated heterocycles. The molecule has 1 aromatic carbocycles. The minimum atomic E-state index is -0.309. The maximum absolute atomic E-state index is 5.80. The minimum Gasteiger partial charge on any atom is -0.347 e. The number of hydrogen-bond donors (Lipinski definition) is 0. The summed E-state index contributed by atoms with van der Waals surface area (Å²) in [6.07, 6.45) is 1.87. The van der Waals surface area contributed by atoms with Crippen LogP contribution in [0.4, 0.5) is 0 Å². The first-order valence-electron chi connectivity index (χ1n) is 7.83. The maximum Gasteiger partial charge on any atom is 0.181 e. The fourth-order valence-electron chi connectivity index (χ4n) is 3.52. The summed E-state index contributed by atoms with van der Waals surface area (Å²) in [5.74, 6) is -0.309. The Balaban J connectivity index is 1.55. The molecule has 22 heavy (non-hydrogen) atoms. The van der Waals surface area contributed by atoms with Gasteiger partial charge in [-0.15, -0.1) is 0 Å². The normalized spacial score (nSPS) is 21.9. The SMILES string of the molecule is Cn1c(=S)n(CN2CCC3(CC2)OCCO3)c2ccccc21. The first-order chi connectivity index (χ1) is 10.7. The smallest absolute Gasteiger partial charge is 0.181 e. The first-order valence-corrected chi connectivity index (χ1v) is 8.24. The lowest BCUT2D eigenvalue weighted by Gasteiger charge is -2.37. The minimum absolute atomic E-state index is 0.309. The van der Waals surface area contributed by atoms with Crippen LogP contribution in [0, 0.1) is 4.77 Å². The number of fused-ring (bicyclic) bond motifs is 1. The maximum atomic E-state index is 5.80. The summed E-state index contributed by atoms with van der Waals surface area (Å²) in [4.78, 5) is 2.43. The van der Waals surface area contributed by atoms with Gasteiger partial charge in [0.25, 0.3) is 0 Å². The van der Waals surface area contributed by atoms with Crippen molar-refractivity contribution >= 4 is 23.3 Å². The summed E-state index contributed by atoms with van der Waals surface area (Å²) < 4.78 is 16.8. The van der Waals surface area contributed by atoms with Crippen molar-refractivity contribution in [3.05, 3.63) is 29.0 Å². The second-order valence-corrected chi connectivity index (χ2v) is 6.49. The number of piperidine rings is 1. The van der Waals surface area contributed by atoms with Crippen LogP contribution in [0.15, 0.2) is 24.3 Å². The van der Waals surface area contributed by atoms with Crippen LogP contribution in [-0.2, 0) is 23.2 Å². The van der Waals surface area contributed by atoms with E-state index in [-0.39, 0.29) is 5.79 Å². The number of aryl methyl sites for hydroxylation is 1. The van der Waals surface area contributed by atoms with E-state index in [1.807, 2.05) is 7.05 Å². The lowest BCUT2D eigenvalue weighted by atomic mass is 10.0. The van der Waals surface area contributed by atoms with Crippen molar-refractivity contribution in [1.29, 1.82) is 0 Å². The number of ether oxygens (including phenoxy) is 2. The van der Waals surface area contributed by atoms with Crippen LogP contribution < -0.4 is 0 Å². The lowest BCUT2D eigenvalue weighted by molar-refractivity contribution is -0.187. The second-order valence-electron chi connectivity index (χ2n) is 6.13. The molecule has 1 spiro atoms. The van der Waals surface area contributed by atoms with Crippen LogP contribution in [-0.4, -0.2) is 46.1 Å². The highest BCUT2D eigenvalue weighted by Crippen LogP contribution is 2.31. The number of rotatable bonds is 2. The Labute approximate surface area is 135 Å². The molecule has 5 nitrogen and oxygen atoms in total. The van der Waals surface area contributed by atoms with Gasteiger partial charge >= 0.3 is 0 Å². The third-order valence-electron chi connectivity index (χ3n) is 4.82. The quantitative estimate of drug-likeness (QED) is 0.796. The molecule has 2 aliphatic heterocycles. The predicted octanol–water partition coefficient (Wildman–Crippen LogP) is 2.51. The molecule has 0 unspecified atom stereocenters. The van der Waals surface area contributed by atoms with Crippen molar-refractivity contribution in [2.75, 3.05) is 26.3 Å². The number of benzene rings is 1. The van der Waals surface area contributed by atoms with Gasteiger partial charge in [0.05, 0.1) is 30.9 Å². The summed E-state index contributed by atoms with van der Waals surface area (Å²) in [5.41, 5.74) is 2.38. The zero-order valence-corrected chi connectivity index (χ0v) is 13.6. The molecule has 0 saturated carbocycles. The largest absolute Gasteiger partial charge is 0.347 e. The summed E-state index contributed by atoms with van der Waals surface area (Å²) in [7, 11) is 2.03. The molecule has 2 aliphatic rings. The Hall–Kier alpha value is -1.21. The van der Waals surface area contributed by atoms with Gasteiger partial charge in [0.2, 0.25) is 0 Å². The van der Waals surface area contributed by atoms with Gasteiger partial charge in [-0.1, -0.05) is 12.1 Å². The number of likely N-dealkylation sites (tertiary alicyclic amines) is 1. The Kier molecular flexibility index (Phi) is 3.57. The molecule has 118 valence electrons. The molecule has 0 aliphatic carbocycles. The zero-order chi connectivity index (χ0) is 15.2. The second kappa shape index (κ2) is 5.45. The third-order valence-corrected chi connectivity index (χ3v) is 5.32. The molecule has 6 heteroatoms. The van der Waals surface area contributed by atoms with Crippen molar-refractivity contribution in [3.8, 4) is 0 Å². The van der Waals surface area contributed by atoms with E-state index in [0.29, 0.717) is 0 Å². The molecule has 2 aromatic rings. The van der Waals surface area contributed by atoms with Crippen LogP contribution in [0.2, 0.25) is 0 Å². The summed E-state index contributed by atoms with van der Waals surface area (Å²) in [6, 6.07) is 8.38. The Morgan fingerprint density at radius 1 is 1.09 bits per heavy atom. The molecular weight excluding hydrogens is 298 g/mol. The standard InChI is InChI=1S/C16H21N3O2S/c1-17-13-4-2-3-5-14(13)19(15(17)22)12-18-8-6-16(7-9-18)20-10-11-21-16/h2-5H,6-12H2,1H3. The Morgan fingerprint density at radius 3 is 2.41 bits per heavy atom. The van der Waals surface area contributed by atoms with Gasteiger partial charge in [0.1, 0.15) is 0 Å². The van der Waals surface area contributed by atoms with Crippen LogP contribution in [0.3, 0.4) is 0 Å². The number of nitrogens with zero attached hydrogens (tertiary/aromatic N) is 3. The first kappa shape index (κ1) is 14.4. The van der Waals surface area contributed by atoms with Crippen molar-refractivity contribution < 1.29 is 9.47 Å². The van der Waals surface area contributed by atoms with Crippen molar-refractivity contribution in [2.45, 2.75) is 25.3 Å². The number of imidazole rings is 1. The van der Waals surface area contributed by atoms with Gasteiger partial charge in [-0.25, -0.2) is 0 Å². The Morgan fingerprint density at radius 2 is 1.73 bits per heavy atom. The molecule has 0 radical (unpaired) electrons. The molecule has 1 aromatic heterocycles. The van der Waals surface area contributed by atoms with Crippen molar-refractivity contribution in [1.82, 2.24) is 14.0 Å². The average molecular weight is 319 g/mol. The fraction of sp³-hybridized carbons (Fsp3) is 0.562. The van der Waals surface area contributed by atoms with Gasteiger partial charge in [-0.3, -0.25) is 4.90 Å². The van der Waals surface area contributed by atoms with Gasteiger partial charge in [0, 0.05) is 33.0 Å². The summed E-state index contributed by atoms with van der Waals surface area (Å²) in [6.45, 7) is 4.25. The summed E-state index contributed by atoms with van der Waals surface area (Å²) >= 11 is 5.61. The molecule has 3 heterocycles. The van der Waals surface area contributed by atoms with Gasteiger partial charge in [-0.05, 0) is 24.4 Å². The molecular formula is C16H21N3O2S. The highest BCUT2D eigenvalue weighted by Gasteiger charge is 2.39. The highest BCUT2D eigenvalue weighted by atomic mass is 32.1. The van der Waals surface area contributed by atoms with E-state index in [0.717, 1.165) is 50.6 Å². The highest BCUT2D eigenvalue weighted by molar-refractivity contribution is 7.71. The van der Waals surface area contributed by atoms with E-state index in [9.17, 15) is 0 Å². The van der Waals surface area contributed by atoms with Crippen molar-refractivity contribution in [2.24, 2.45) is 7.05 Å². The topological polar surface area (TPSA) is 31.6 Å². The van der Waals surface area contributed by atoms with E-state index in [1.54, 1.807) is 0 Å². The van der Waals surface area contributed by atoms with Crippen LogP contribution >= 0.6 is 12.2 Å². The molecule has 0 amide bonds. The van der Waals surface area contributed by atoms with Crippen molar-refractivity contribution in [3.63, 3.8) is 0 Å². The monoisotopic (exact) mass is 319 g/mol. The average Bonchev–Trinajstić information content (AvgIpc) is 3.09. The van der Waals surface area contributed by atoms with Crippen LogP contribution in [0.5, 0.6) is 0 Å². The van der Waals surface area contributed by atoms with Crippen LogP contribution in [0.25, 0.3) is 11.0 Å². The van der Waals surface area contributed by atoms with E-state index in [1.165, 1.54) is 11.0 Å². The van der Waals surface area contributed by atoms with E-state index in [2.05, 4.69) is 38.3 Å². The van der Waals surface area contributed by atoms with E-state index >= 15 is 0 Å². The molecule has 4 rings (SSSR count). The number of aromatic nitrogens is 2. The molecule has 0 N–H and O–H groups in total. The number of hydrogen-bond acceptors (Lipinski definition) is 4.